The lowest BCUT2D eigenvalue weighted by atomic mass is 10.0. The first-order valence-corrected chi connectivity index (χ1v) is 5.03. The zero-order chi connectivity index (χ0) is 10.3. The fourth-order valence-corrected chi connectivity index (χ4v) is 2.02. The van der Waals surface area contributed by atoms with Crippen LogP contribution in [0, 0.1) is 0 Å². The standard InChI is InChI=1S/C12H10N2O/c15-12-9-5-3-7-13-11(9)8-4-1-2-6-10(8)14-12/h1,3-5,7H,2,6H2,(H,14,15). The fourth-order valence-electron chi connectivity index (χ4n) is 2.02. The Morgan fingerprint density at radius 3 is 3.27 bits per heavy atom. The highest BCUT2D eigenvalue weighted by atomic mass is 16.1. The average Bonchev–Trinajstić information content (AvgIpc) is 2.30. The summed E-state index contributed by atoms with van der Waals surface area (Å²) in [5.41, 5.74) is 2.85. The maximum Gasteiger partial charge on any atom is 0.257 e. The Bertz CT molecular complexity index is 611. The summed E-state index contributed by atoms with van der Waals surface area (Å²) in [6.45, 7) is 0. The molecule has 2 heterocycles. The number of hydrogen-bond acceptors (Lipinski definition) is 2. The predicted octanol–water partition coefficient (Wildman–Crippen LogP) is 1.88. The normalized spacial score (nSPS) is 14.1. The molecule has 74 valence electrons. The van der Waals surface area contributed by atoms with Crippen LogP contribution in [0.4, 0.5) is 0 Å². The molecule has 0 aliphatic heterocycles. The van der Waals surface area contributed by atoms with Crippen LogP contribution >= 0.6 is 0 Å². The number of aromatic amines is 1. The molecular formula is C12H10N2O. The van der Waals surface area contributed by atoms with E-state index in [1.54, 1.807) is 12.3 Å². The van der Waals surface area contributed by atoms with Gasteiger partial charge in [0.25, 0.3) is 5.56 Å². The monoisotopic (exact) mass is 198 g/mol. The molecule has 0 saturated heterocycles. The molecule has 1 aliphatic carbocycles. The summed E-state index contributed by atoms with van der Waals surface area (Å²) in [5, 5.41) is 0.669. The molecular weight excluding hydrogens is 188 g/mol. The smallest absolute Gasteiger partial charge is 0.257 e. The second-order valence-electron chi connectivity index (χ2n) is 3.69. The molecule has 0 amide bonds. The predicted molar refractivity (Wildman–Crippen MR) is 59.7 cm³/mol. The molecule has 3 nitrogen and oxygen atoms in total. The summed E-state index contributed by atoms with van der Waals surface area (Å²) in [5.74, 6) is 0. The zero-order valence-corrected chi connectivity index (χ0v) is 8.16. The van der Waals surface area contributed by atoms with Gasteiger partial charge in [-0.1, -0.05) is 12.2 Å². The van der Waals surface area contributed by atoms with Crippen molar-refractivity contribution in [1.82, 2.24) is 9.97 Å². The molecule has 0 fully saturated rings. The molecule has 0 radical (unpaired) electrons. The van der Waals surface area contributed by atoms with E-state index < -0.39 is 0 Å². The second kappa shape index (κ2) is 3.05. The van der Waals surface area contributed by atoms with Crippen molar-refractivity contribution in [2.45, 2.75) is 12.8 Å². The van der Waals surface area contributed by atoms with Gasteiger partial charge in [0, 0.05) is 17.5 Å². The Labute approximate surface area is 86.5 Å². The lowest BCUT2D eigenvalue weighted by molar-refractivity contribution is 0.921. The van der Waals surface area contributed by atoms with Gasteiger partial charge in [-0.25, -0.2) is 0 Å². The minimum absolute atomic E-state index is 0.0350. The van der Waals surface area contributed by atoms with Gasteiger partial charge >= 0.3 is 0 Å². The lowest BCUT2D eigenvalue weighted by Gasteiger charge is -2.11. The van der Waals surface area contributed by atoms with Gasteiger partial charge in [0.05, 0.1) is 10.9 Å². The van der Waals surface area contributed by atoms with Crippen LogP contribution in [-0.4, -0.2) is 9.97 Å². The molecule has 0 bridgehead atoms. The number of aromatic nitrogens is 2. The van der Waals surface area contributed by atoms with E-state index in [9.17, 15) is 4.79 Å². The number of hydrogen-bond donors (Lipinski definition) is 1. The summed E-state index contributed by atoms with van der Waals surface area (Å²) >= 11 is 0. The largest absolute Gasteiger partial charge is 0.325 e. The van der Waals surface area contributed by atoms with Crippen LogP contribution in [-0.2, 0) is 6.42 Å². The van der Waals surface area contributed by atoms with E-state index in [0.717, 1.165) is 29.6 Å². The van der Waals surface area contributed by atoms with Crippen LogP contribution in [0.2, 0.25) is 0 Å². The molecule has 2 aromatic rings. The molecule has 1 N–H and O–H groups in total. The van der Waals surface area contributed by atoms with Gasteiger partial charge in [0.1, 0.15) is 0 Å². The number of H-pyrrole nitrogens is 1. The number of rotatable bonds is 0. The molecule has 0 unspecified atom stereocenters. The molecule has 3 heteroatoms. The summed E-state index contributed by atoms with van der Waals surface area (Å²) in [4.78, 5) is 18.9. The SMILES string of the molecule is O=c1[nH]c2c(c3ncccc13)C=CCC2. The van der Waals surface area contributed by atoms with E-state index in [4.69, 9.17) is 0 Å². The molecule has 0 aromatic carbocycles. The molecule has 0 spiro atoms. The van der Waals surface area contributed by atoms with Gasteiger partial charge in [0.2, 0.25) is 0 Å². The van der Waals surface area contributed by atoms with Crippen LogP contribution < -0.4 is 5.56 Å². The van der Waals surface area contributed by atoms with Crippen LogP contribution in [0.5, 0.6) is 0 Å². The average molecular weight is 198 g/mol. The number of pyridine rings is 2. The van der Waals surface area contributed by atoms with Gasteiger partial charge in [-0.15, -0.1) is 0 Å². The van der Waals surface area contributed by atoms with Crippen molar-refractivity contribution in [3.63, 3.8) is 0 Å². The first-order chi connectivity index (χ1) is 7.36. The fraction of sp³-hybridized carbons (Fsp3) is 0.167. The Morgan fingerprint density at radius 2 is 2.33 bits per heavy atom. The van der Waals surface area contributed by atoms with Crippen LogP contribution in [0.1, 0.15) is 17.7 Å². The van der Waals surface area contributed by atoms with Crippen molar-refractivity contribution in [3.05, 3.63) is 46.0 Å². The molecule has 2 aromatic heterocycles. The van der Waals surface area contributed by atoms with E-state index in [1.165, 1.54) is 0 Å². The third kappa shape index (κ3) is 1.20. The summed E-state index contributed by atoms with van der Waals surface area (Å²) < 4.78 is 0. The van der Waals surface area contributed by atoms with E-state index >= 15 is 0 Å². The van der Waals surface area contributed by atoms with Crippen LogP contribution in [0.3, 0.4) is 0 Å². The number of allylic oxidation sites excluding steroid dienone is 1. The van der Waals surface area contributed by atoms with Crippen molar-refractivity contribution in [3.8, 4) is 0 Å². The Balaban J connectivity index is 2.52. The van der Waals surface area contributed by atoms with Gasteiger partial charge in [-0.2, -0.15) is 0 Å². The highest BCUT2D eigenvalue weighted by Crippen LogP contribution is 2.21. The third-order valence-corrected chi connectivity index (χ3v) is 2.74. The minimum Gasteiger partial charge on any atom is -0.325 e. The Morgan fingerprint density at radius 1 is 1.40 bits per heavy atom. The van der Waals surface area contributed by atoms with Gasteiger partial charge in [-0.3, -0.25) is 9.78 Å². The van der Waals surface area contributed by atoms with Gasteiger partial charge in [-0.05, 0) is 25.0 Å². The van der Waals surface area contributed by atoms with Crippen LogP contribution in [0.15, 0.2) is 29.2 Å². The number of nitrogens with zero attached hydrogens (tertiary/aromatic N) is 1. The third-order valence-electron chi connectivity index (χ3n) is 2.74. The molecule has 1 aliphatic rings. The van der Waals surface area contributed by atoms with E-state index in [-0.39, 0.29) is 5.56 Å². The van der Waals surface area contributed by atoms with Crippen molar-refractivity contribution >= 4 is 17.0 Å². The lowest BCUT2D eigenvalue weighted by Crippen LogP contribution is -2.13. The summed E-state index contributed by atoms with van der Waals surface area (Å²) in [6, 6.07) is 3.60. The van der Waals surface area contributed by atoms with Crippen molar-refractivity contribution in [2.75, 3.05) is 0 Å². The van der Waals surface area contributed by atoms with Crippen LogP contribution in [0.25, 0.3) is 17.0 Å². The van der Waals surface area contributed by atoms with Crippen molar-refractivity contribution in [2.24, 2.45) is 0 Å². The maximum atomic E-state index is 11.7. The van der Waals surface area contributed by atoms with Crippen molar-refractivity contribution < 1.29 is 0 Å². The highest BCUT2D eigenvalue weighted by Gasteiger charge is 2.11. The van der Waals surface area contributed by atoms with Gasteiger partial charge in [0.15, 0.2) is 0 Å². The topological polar surface area (TPSA) is 45.8 Å². The number of aryl methyl sites for hydroxylation is 1. The Hall–Kier alpha value is -1.90. The minimum atomic E-state index is -0.0350. The summed E-state index contributed by atoms with van der Waals surface area (Å²) in [6.07, 6.45) is 7.78. The molecule has 15 heavy (non-hydrogen) atoms. The van der Waals surface area contributed by atoms with E-state index in [0.29, 0.717) is 5.39 Å². The molecule has 0 atom stereocenters. The highest BCUT2D eigenvalue weighted by molar-refractivity contribution is 5.87. The number of fused-ring (bicyclic) bond motifs is 3. The van der Waals surface area contributed by atoms with Crippen molar-refractivity contribution in [1.29, 1.82) is 0 Å². The quantitative estimate of drug-likeness (QED) is 0.702. The van der Waals surface area contributed by atoms with Gasteiger partial charge < -0.3 is 4.98 Å². The summed E-state index contributed by atoms with van der Waals surface area (Å²) in [7, 11) is 0. The second-order valence-corrected chi connectivity index (χ2v) is 3.69. The Kier molecular flexibility index (Phi) is 1.71. The first kappa shape index (κ1) is 8.41. The number of nitrogens with one attached hydrogen (secondary N) is 1. The zero-order valence-electron chi connectivity index (χ0n) is 8.16. The molecule has 3 rings (SSSR count). The van der Waals surface area contributed by atoms with E-state index in [2.05, 4.69) is 16.0 Å². The maximum absolute atomic E-state index is 11.7. The van der Waals surface area contributed by atoms with E-state index in [1.807, 2.05) is 12.1 Å². The molecule has 0 saturated carbocycles. The first-order valence-electron chi connectivity index (χ1n) is 5.03.